The van der Waals surface area contributed by atoms with Gasteiger partial charge >= 0.3 is 0 Å². The molecule has 3 heterocycles. The van der Waals surface area contributed by atoms with E-state index in [9.17, 15) is 5.26 Å². The molecule has 4 heteroatoms. The Kier molecular flexibility index (Phi) is 7.76. The van der Waals surface area contributed by atoms with Crippen molar-refractivity contribution in [2.45, 2.75) is 12.1 Å². The number of hydrogen-bond acceptors (Lipinski definition) is 4. The number of hydrogen-bond donors (Lipinski definition) is 0. The van der Waals surface area contributed by atoms with Gasteiger partial charge in [0.1, 0.15) is 6.17 Å². The average Bonchev–Trinajstić information content (AvgIpc) is 3.69. The van der Waals surface area contributed by atoms with Crippen LogP contribution in [0, 0.1) is 11.3 Å². The summed E-state index contributed by atoms with van der Waals surface area (Å²) >= 11 is 0. The van der Waals surface area contributed by atoms with Gasteiger partial charge in [-0.25, -0.2) is 0 Å². The van der Waals surface area contributed by atoms with E-state index in [1.54, 1.807) is 0 Å². The van der Waals surface area contributed by atoms with Crippen molar-refractivity contribution in [3.63, 3.8) is 0 Å². The van der Waals surface area contributed by atoms with E-state index in [-0.39, 0.29) is 12.1 Å². The van der Waals surface area contributed by atoms with Crippen LogP contribution in [0.25, 0.3) is 98.1 Å². The van der Waals surface area contributed by atoms with Crippen molar-refractivity contribution in [1.82, 2.24) is 4.98 Å². The van der Waals surface area contributed by atoms with Crippen LogP contribution in [-0.4, -0.2) is 17.4 Å². The number of anilines is 2. The molecule has 292 valence electrons. The maximum atomic E-state index is 10.1. The summed E-state index contributed by atoms with van der Waals surface area (Å²) in [4.78, 5) is 12.3. The van der Waals surface area contributed by atoms with E-state index in [1.165, 1.54) is 86.9 Å². The van der Waals surface area contributed by atoms with E-state index in [1.807, 2.05) is 30.6 Å². The summed E-state index contributed by atoms with van der Waals surface area (Å²) in [7, 11) is 0. The number of dihydropyridines is 1. The molecule has 2 unspecified atom stereocenters. The third-order valence-corrected chi connectivity index (χ3v) is 13.4. The Morgan fingerprint density at radius 1 is 0.476 bits per heavy atom. The number of nitrogens with zero attached hydrogens (tertiary/aromatic N) is 4. The lowest BCUT2D eigenvalue weighted by atomic mass is 9.80. The monoisotopic (exact) mass is 800 g/mol. The molecule has 0 fully saturated rings. The Hall–Kier alpha value is -8.39. The lowest BCUT2D eigenvalue weighted by Crippen LogP contribution is -2.29. The summed E-state index contributed by atoms with van der Waals surface area (Å²) in [6, 6.07) is 68.5. The van der Waals surface area contributed by atoms with Crippen LogP contribution in [0.4, 0.5) is 11.4 Å². The van der Waals surface area contributed by atoms with Crippen molar-refractivity contribution in [3.8, 4) is 39.6 Å². The zero-order valence-corrected chi connectivity index (χ0v) is 34.1. The summed E-state index contributed by atoms with van der Waals surface area (Å²) in [6.07, 6.45) is 7.79. The minimum atomic E-state index is -0.178. The lowest BCUT2D eigenvalue weighted by molar-refractivity contribution is 0.658. The maximum absolute atomic E-state index is 10.1. The number of benzene rings is 10. The van der Waals surface area contributed by atoms with Gasteiger partial charge in [0.25, 0.3) is 0 Å². The number of rotatable bonds is 4. The van der Waals surface area contributed by atoms with Gasteiger partial charge in [-0.05, 0) is 135 Å². The summed E-state index contributed by atoms with van der Waals surface area (Å²) in [5.74, 6) is -0.00698. The predicted octanol–water partition coefficient (Wildman–Crippen LogP) is 15.1. The third kappa shape index (κ3) is 5.27. The molecule has 1 aromatic heterocycles. The second-order valence-electron chi connectivity index (χ2n) is 16.7. The van der Waals surface area contributed by atoms with Crippen molar-refractivity contribution < 1.29 is 0 Å². The second-order valence-corrected chi connectivity index (χ2v) is 16.7. The number of pyridine rings is 1. The van der Waals surface area contributed by atoms with Gasteiger partial charge in [0, 0.05) is 28.9 Å². The Morgan fingerprint density at radius 3 is 1.56 bits per heavy atom. The van der Waals surface area contributed by atoms with Crippen molar-refractivity contribution in [2.75, 3.05) is 4.90 Å². The fourth-order valence-electron chi connectivity index (χ4n) is 10.8. The zero-order chi connectivity index (χ0) is 41.6. The standard InChI is InChI=1S/C59H36N4/c60-34-41-17-11-25-53-54(41)50-24-12-30-61-59(50)63(53)42-27-29-52(62-35-42)40-26-28-49-51(33-40)58(56-45-20-7-3-15-38(45)32-39-16-4-8-21-46(39)56)48-23-10-9-22-47(48)57(49)55-43-18-5-1-13-36(43)31-37-14-2-6-19-44(37)55/h1-33,35,50,59H. The normalized spacial score (nSPS) is 15.4. The van der Waals surface area contributed by atoms with Gasteiger partial charge in [-0.3, -0.25) is 9.98 Å². The molecular weight excluding hydrogens is 765 g/mol. The quantitative estimate of drug-likeness (QED) is 0.167. The molecule has 4 nitrogen and oxygen atoms in total. The molecule has 0 saturated heterocycles. The molecule has 0 bridgehead atoms. The second kappa shape index (κ2) is 13.8. The van der Waals surface area contributed by atoms with Crippen LogP contribution in [0.2, 0.25) is 0 Å². The van der Waals surface area contributed by atoms with Gasteiger partial charge in [-0.1, -0.05) is 146 Å². The van der Waals surface area contributed by atoms with Gasteiger partial charge in [0.2, 0.25) is 0 Å². The van der Waals surface area contributed by atoms with Crippen LogP contribution >= 0.6 is 0 Å². The first kappa shape index (κ1) is 35.4. The highest BCUT2D eigenvalue weighted by molar-refractivity contribution is 6.31. The molecule has 2 aliphatic heterocycles. The topological polar surface area (TPSA) is 52.3 Å². The van der Waals surface area contributed by atoms with E-state index in [4.69, 9.17) is 9.98 Å². The number of aliphatic imine (C=N–C) groups is 1. The summed E-state index contributed by atoms with van der Waals surface area (Å²) in [5.41, 5.74) is 10.5. The molecule has 2 atom stereocenters. The zero-order valence-electron chi connectivity index (χ0n) is 34.1. The van der Waals surface area contributed by atoms with Crippen LogP contribution in [0.5, 0.6) is 0 Å². The van der Waals surface area contributed by atoms with Gasteiger partial charge in [0.05, 0.1) is 29.2 Å². The molecule has 63 heavy (non-hydrogen) atoms. The first-order chi connectivity index (χ1) is 31.2. The van der Waals surface area contributed by atoms with Gasteiger partial charge < -0.3 is 4.90 Å². The Bertz CT molecular complexity index is 3730. The van der Waals surface area contributed by atoms with Gasteiger partial charge in [0.15, 0.2) is 0 Å². The molecule has 0 radical (unpaired) electrons. The van der Waals surface area contributed by atoms with Crippen LogP contribution < -0.4 is 4.90 Å². The third-order valence-electron chi connectivity index (χ3n) is 13.4. The summed E-state index contributed by atoms with van der Waals surface area (Å²) in [5, 5.41) is 24.7. The fraction of sp³-hybridized carbons (Fsp3) is 0.0339. The molecular formula is C59H36N4. The minimum Gasteiger partial charge on any atom is -0.316 e. The van der Waals surface area contributed by atoms with Crippen molar-refractivity contribution in [3.05, 3.63) is 211 Å². The van der Waals surface area contributed by atoms with Gasteiger partial charge in [-0.15, -0.1) is 0 Å². The largest absolute Gasteiger partial charge is 0.316 e. The van der Waals surface area contributed by atoms with Crippen molar-refractivity contribution in [1.29, 1.82) is 5.26 Å². The highest BCUT2D eigenvalue weighted by Crippen LogP contribution is 2.52. The molecule has 10 aromatic carbocycles. The SMILES string of the molecule is N#Cc1cccc2c1C1C=CC=NC1N2c1ccc(-c2ccc3c(-c4c5ccccc5cc5ccccc45)c4ccccc4c(-c4c5ccccc5cc5ccccc45)c3c2)nc1. The molecule has 2 aliphatic rings. The highest BCUT2D eigenvalue weighted by Gasteiger charge is 2.40. The molecule has 11 aromatic rings. The molecule has 0 saturated carbocycles. The predicted molar refractivity (Wildman–Crippen MR) is 263 cm³/mol. The average molecular weight is 801 g/mol. The number of fused-ring (bicyclic) bond motifs is 9. The number of allylic oxidation sites excluding steroid dienone is 1. The molecule has 0 aliphatic carbocycles. The van der Waals surface area contributed by atoms with E-state index >= 15 is 0 Å². The Balaban J connectivity index is 1.10. The van der Waals surface area contributed by atoms with Crippen LogP contribution in [0.1, 0.15) is 17.0 Å². The van der Waals surface area contributed by atoms with E-state index < -0.39 is 0 Å². The van der Waals surface area contributed by atoms with Crippen LogP contribution in [0.3, 0.4) is 0 Å². The molecule has 13 rings (SSSR count). The van der Waals surface area contributed by atoms with Crippen molar-refractivity contribution in [2.24, 2.45) is 4.99 Å². The molecule has 0 amide bonds. The van der Waals surface area contributed by atoms with Crippen LogP contribution in [0.15, 0.2) is 205 Å². The fourth-order valence-corrected chi connectivity index (χ4v) is 10.8. The molecule has 0 spiro atoms. The minimum absolute atomic E-state index is 0.00698. The smallest absolute Gasteiger partial charge is 0.136 e. The summed E-state index contributed by atoms with van der Waals surface area (Å²) < 4.78 is 0. The van der Waals surface area contributed by atoms with E-state index in [2.05, 4.69) is 187 Å². The Labute approximate surface area is 364 Å². The number of nitriles is 1. The van der Waals surface area contributed by atoms with Crippen LogP contribution in [-0.2, 0) is 0 Å². The first-order valence-electron chi connectivity index (χ1n) is 21.5. The van der Waals surface area contributed by atoms with Gasteiger partial charge in [-0.2, -0.15) is 5.26 Å². The maximum Gasteiger partial charge on any atom is 0.136 e. The molecule has 0 N–H and O–H groups in total. The Morgan fingerprint density at radius 2 is 1.00 bits per heavy atom. The van der Waals surface area contributed by atoms with E-state index in [0.717, 1.165) is 28.2 Å². The van der Waals surface area contributed by atoms with Crippen molar-refractivity contribution >= 4 is 82.2 Å². The lowest BCUT2D eigenvalue weighted by Gasteiger charge is -2.27. The first-order valence-corrected chi connectivity index (χ1v) is 21.5. The number of aromatic nitrogens is 1. The summed E-state index contributed by atoms with van der Waals surface area (Å²) in [6.45, 7) is 0. The highest BCUT2D eigenvalue weighted by atomic mass is 15.3. The van der Waals surface area contributed by atoms with E-state index in [0.29, 0.717) is 5.56 Å².